The van der Waals surface area contributed by atoms with Gasteiger partial charge in [0.1, 0.15) is 5.82 Å². The molecule has 9 heteroatoms. The van der Waals surface area contributed by atoms with Gasteiger partial charge in [-0.25, -0.2) is 14.4 Å². The van der Waals surface area contributed by atoms with Crippen LogP contribution in [0.5, 0.6) is 0 Å². The number of carbonyl (C=O) groups is 1. The van der Waals surface area contributed by atoms with Gasteiger partial charge in [0, 0.05) is 61.6 Å². The Morgan fingerprint density at radius 3 is 2.69 bits per heavy atom. The third-order valence-electron chi connectivity index (χ3n) is 6.22. The van der Waals surface area contributed by atoms with Gasteiger partial charge in [0.05, 0.1) is 18.8 Å². The van der Waals surface area contributed by atoms with Gasteiger partial charge in [0.2, 0.25) is 11.9 Å². The lowest BCUT2D eigenvalue weighted by molar-refractivity contribution is -0.126. The van der Waals surface area contributed by atoms with Crippen molar-refractivity contribution in [2.45, 2.75) is 31.9 Å². The highest BCUT2D eigenvalue weighted by molar-refractivity contribution is 6.31. The summed E-state index contributed by atoms with van der Waals surface area (Å²) in [6.45, 7) is 5.63. The molecule has 2 atom stereocenters. The van der Waals surface area contributed by atoms with Crippen molar-refractivity contribution in [1.82, 2.24) is 20.2 Å². The van der Waals surface area contributed by atoms with Crippen molar-refractivity contribution in [3.8, 4) is 0 Å². The molecule has 2 fully saturated rings. The molecule has 2 aromatic rings. The van der Waals surface area contributed by atoms with Crippen LogP contribution in [0.2, 0.25) is 5.02 Å². The van der Waals surface area contributed by atoms with Crippen molar-refractivity contribution in [3.63, 3.8) is 0 Å². The van der Waals surface area contributed by atoms with E-state index in [0.29, 0.717) is 42.8 Å². The smallest absolute Gasteiger partial charge is 0.225 e. The Kier molecular flexibility index (Phi) is 7.55. The number of carbonyl (C=O) groups excluding carboxylic acids is 1. The van der Waals surface area contributed by atoms with E-state index >= 15 is 0 Å². The summed E-state index contributed by atoms with van der Waals surface area (Å²) in [4.78, 5) is 25.8. The number of nitrogens with zero attached hydrogens (tertiary/aromatic N) is 4. The summed E-state index contributed by atoms with van der Waals surface area (Å²) in [5.41, 5.74) is 0.430. The lowest BCUT2D eigenvalue weighted by Gasteiger charge is -2.38. The van der Waals surface area contributed by atoms with Gasteiger partial charge in [0.25, 0.3) is 0 Å². The molecule has 2 aliphatic heterocycles. The maximum absolute atomic E-state index is 14.8. The van der Waals surface area contributed by atoms with E-state index in [1.165, 1.54) is 6.07 Å². The Labute approximate surface area is 192 Å². The molecule has 4 rings (SSSR count). The zero-order chi connectivity index (χ0) is 22.5. The highest BCUT2D eigenvalue weighted by Crippen LogP contribution is 2.31. The molecule has 1 N–H and O–H groups in total. The first-order valence-electron chi connectivity index (χ1n) is 11.1. The van der Waals surface area contributed by atoms with Crippen molar-refractivity contribution >= 4 is 23.5 Å². The normalized spacial score (nSPS) is 21.3. The number of ether oxygens (including phenoxy) is 1. The highest BCUT2D eigenvalue weighted by atomic mass is 35.5. The van der Waals surface area contributed by atoms with Crippen molar-refractivity contribution in [2.24, 2.45) is 5.92 Å². The van der Waals surface area contributed by atoms with Crippen LogP contribution < -0.4 is 10.2 Å². The fraction of sp³-hybridized carbons (Fsp3) is 0.522. The molecule has 0 aliphatic carbocycles. The Morgan fingerprint density at radius 2 is 2.00 bits per heavy atom. The lowest BCUT2D eigenvalue weighted by atomic mass is 9.95. The third-order valence-corrected chi connectivity index (χ3v) is 6.55. The van der Waals surface area contributed by atoms with E-state index in [9.17, 15) is 9.18 Å². The molecule has 32 heavy (non-hydrogen) atoms. The molecule has 1 amide bonds. The second-order valence-electron chi connectivity index (χ2n) is 8.38. The second-order valence-corrected chi connectivity index (χ2v) is 8.79. The van der Waals surface area contributed by atoms with Crippen molar-refractivity contribution in [2.75, 3.05) is 44.2 Å². The number of benzene rings is 1. The number of hydrogen-bond acceptors (Lipinski definition) is 6. The summed E-state index contributed by atoms with van der Waals surface area (Å²) in [7, 11) is 0. The molecule has 3 heterocycles. The van der Waals surface area contributed by atoms with Crippen LogP contribution in [-0.4, -0.2) is 66.2 Å². The minimum atomic E-state index is -0.355. The lowest BCUT2D eigenvalue weighted by Crippen LogP contribution is -2.48. The maximum atomic E-state index is 14.8. The van der Waals surface area contributed by atoms with E-state index in [1.807, 2.05) is 6.92 Å². The average Bonchev–Trinajstić information content (AvgIpc) is 2.81. The van der Waals surface area contributed by atoms with Gasteiger partial charge in [-0.2, -0.15) is 0 Å². The fourth-order valence-electron chi connectivity index (χ4n) is 4.51. The van der Waals surface area contributed by atoms with Crippen molar-refractivity contribution in [3.05, 3.63) is 53.1 Å². The molecule has 0 spiro atoms. The van der Waals surface area contributed by atoms with E-state index in [2.05, 4.69) is 25.1 Å². The summed E-state index contributed by atoms with van der Waals surface area (Å²) < 4.78 is 20.4. The first-order chi connectivity index (χ1) is 15.5. The average molecular weight is 462 g/mol. The number of amides is 1. The van der Waals surface area contributed by atoms with E-state index in [1.54, 1.807) is 30.6 Å². The molecule has 0 bridgehead atoms. The van der Waals surface area contributed by atoms with Gasteiger partial charge < -0.3 is 15.0 Å². The standard InChI is InChI=1S/C23H29ClFN5O2/c1-16-15-30(12-13-32-16)20(21-18(24)4-2-5-19(21)25)14-28-22(31)17-6-10-29(11-7-17)23-26-8-3-9-27-23/h2-5,8-9,16-17,20H,6-7,10-15H2,1H3,(H,28,31). The van der Waals surface area contributed by atoms with Crippen LogP contribution in [-0.2, 0) is 9.53 Å². The first kappa shape index (κ1) is 22.9. The second kappa shape index (κ2) is 10.6. The minimum Gasteiger partial charge on any atom is -0.376 e. The van der Waals surface area contributed by atoms with Crippen LogP contribution in [0.3, 0.4) is 0 Å². The van der Waals surface area contributed by atoms with Gasteiger partial charge in [-0.3, -0.25) is 9.69 Å². The van der Waals surface area contributed by atoms with Crippen LogP contribution in [0.15, 0.2) is 36.7 Å². The Hall–Kier alpha value is -2.29. The zero-order valence-electron chi connectivity index (χ0n) is 18.2. The van der Waals surface area contributed by atoms with E-state index in [-0.39, 0.29) is 29.8 Å². The predicted molar refractivity (Wildman–Crippen MR) is 121 cm³/mol. The number of hydrogen-bond donors (Lipinski definition) is 1. The van der Waals surface area contributed by atoms with Gasteiger partial charge in [-0.1, -0.05) is 17.7 Å². The molecule has 0 saturated carbocycles. The molecule has 2 aliphatic rings. The minimum absolute atomic E-state index is 0.00241. The molecule has 172 valence electrons. The maximum Gasteiger partial charge on any atom is 0.225 e. The highest BCUT2D eigenvalue weighted by Gasteiger charge is 2.31. The Morgan fingerprint density at radius 1 is 1.25 bits per heavy atom. The zero-order valence-corrected chi connectivity index (χ0v) is 19.0. The number of nitrogens with one attached hydrogen (secondary N) is 1. The largest absolute Gasteiger partial charge is 0.376 e. The molecule has 0 radical (unpaired) electrons. The molecule has 7 nitrogen and oxygen atoms in total. The topological polar surface area (TPSA) is 70.6 Å². The van der Waals surface area contributed by atoms with Crippen molar-refractivity contribution in [1.29, 1.82) is 0 Å². The van der Waals surface area contributed by atoms with Gasteiger partial charge in [-0.15, -0.1) is 0 Å². The number of aromatic nitrogens is 2. The fourth-order valence-corrected chi connectivity index (χ4v) is 4.80. The first-order valence-corrected chi connectivity index (χ1v) is 11.5. The van der Waals surface area contributed by atoms with Crippen LogP contribution in [0.25, 0.3) is 0 Å². The van der Waals surface area contributed by atoms with Crippen LogP contribution in [0.1, 0.15) is 31.4 Å². The molecular formula is C23H29ClFN5O2. The van der Waals surface area contributed by atoms with E-state index in [0.717, 1.165) is 25.9 Å². The number of rotatable bonds is 6. The van der Waals surface area contributed by atoms with Gasteiger partial charge in [-0.05, 0) is 38.0 Å². The van der Waals surface area contributed by atoms with Crippen LogP contribution in [0, 0.1) is 11.7 Å². The number of morpholine rings is 1. The van der Waals surface area contributed by atoms with Gasteiger partial charge in [0.15, 0.2) is 0 Å². The summed E-state index contributed by atoms with van der Waals surface area (Å²) in [5, 5.41) is 3.45. The van der Waals surface area contributed by atoms with E-state index < -0.39 is 0 Å². The van der Waals surface area contributed by atoms with Gasteiger partial charge >= 0.3 is 0 Å². The Balaban J connectivity index is 1.40. The number of halogens is 2. The molecule has 1 aromatic carbocycles. The monoisotopic (exact) mass is 461 g/mol. The molecular weight excluding hydrogens is 433 g/mol. The molecule has 1 aromatic heterocycles. The molecule has 2 unspecified atom stereocenters. The van der Waals surface area contributed by atoms with Crippen LogP contribution >= 0.6 is 11.6 Å². The van der Waals surface area contributed by atoms with Crippen LogP contribution in [0.4, 0.5) is 10.3 Å². The summed E-state index contributed by atoms with van der Waals surface area (Å²) >= 11 is 6.39. The quantitative estimate of drug-likeness (QED) is 0.713. The predicted octanol–water partition coefficient (Wildman–Crippen LogP) is 3.06. The third kappa shape index (κ3) is 5.36. The van der Waals surface area contributed by atoms with Crippen molar-refractivity contribution < 1.29 is 13.9 Å². The molecule has 2 saturated heterocycles. The Bertz CT molecular complexity index is 890. The number of anilines is 1. The summed E-state index contributed by atoms with van der Waals surface area (Å²) in [6.07, 6.45) is 4.94. The summed E-state index contributed by atoms with van der Waals surface area (Å²) in [5.74, 6) is 0.252. The summed E-state index contributed by atoms with van der Waals surface area (Å²) in [6, 6.07) is 6.15. The van der Waals surface area contributed by atoms with E-state index in [4.69, 9.17) is 16.3 Å². The SMILES string of the molecule is CC1CN(C(CNC(=O)C2CCN(c3ncccn3)CC2)c2c(F)cccc2Cl)CCO1. The number of piperidine rings is 1.